The van der Waals surface area contributed by atoms with Gasteiger partial charge in [-0.25, -0.2) is 4.79 Å². The number of halogens is 1. The predicted octanol–water partition coefficient (Wildman–Crippen LogP) is 2.60. The summed E-state index contributed by atoms with van der Waals surface area (Å²) < 4.78 is 4.60. The molecule has 0 aliphatic heterocycles. The van der Waals surface area contributed by atoms with E-state index in [4.69, 9.17) is 11.6 Å². The fraction of sp³-hybridized carbons (Fsp3) is 0.214. The molecule has 0 heterocycles. The summed E-state index contributed by atoms with van der Waals surface area (Å²) in [6.07, 6.45) is 1.27. The number of ketones is 2. The molecule has 1 aromatic carbocycles. The lowest BCUT2D eigenvalue weighted by Crippen LogP contribution is -2.09. The number of nitrogens with one attached hydrogen (secondary N) is 1. The van der Waals surface area contributed by atoms with Crippen molar-refractivity contribution in [1.29, 1.82) is 0 Å². The molecule has 0 aliphatic rings. The van der Waals surface area contributed by atoms with Gasteiger partial charge in [-0.3, -0.25) is 9.59 Å². The smallest absolute Gasteiger partial charge is 0.339 e. The Labute approximate surface area is 121 Å². The quantitative estimate of drug-likeness (QED) is 0.391. The maximum absolute atomic E-state index is 11.5. The summed E-state index contributed by atoms with van der Waals surface area (Å²) in [5, 5.41) is 2.91. The average molecular weight is 296 g/mol. The second-order valence-electron chi connectivity index (χ2n) is 3.97. The first-order valence-electron chi connectivity index (χ1n) is 5.74. The molecule has 0 radical (unpaired) electrons. The largest absolute Gasteiger partial charge is 0.465 e. The third kappa shape index (κ3) is 3.68. The van der Waals surface area contributed by atoms with Crippen molar-refractivity contribution in [3.05, 3.63) is 40.6 Å². The van der Waals surface area contributed by atoms with Crippen LogP contribution in [0.5, 0.6) is 0 Å². The van der Waals surface area contributed by atoms with Crippen molar-refractivity contribution >= 4 is 34.8 Å². The summed E-state index contributed by atoms with van der Waals surface area (Å²) in [5.41, 5.74) is 0.610. The van der Waals surface area contributed by atoms with Crippen molar-refractivity contribution < 1.29 is 19.1 Å². The van der Waals surface area contributed by atoms with Crippen molar-refractivity contribution in [1.82, 2.24) is 0 Å². The third-order valence-corrected chi connectivity index (χ3v) is 2.94. The number of hydrogen-bond donors (Lipinski definition) is 1. The molecule has 0 amide bonds. The number of ether oxygens (including phenoxy) is 1. The lowest BCUT2D eigenvalue weighted by molar-refractivity contribution is -0.119. The van der Waals surface area contributed by atoms with Crippen LogP contribution in [0.25, 0.3) is 0 Å². The molecule has 0 aromatic heterocycles. The molecule has 0 saturated carbocycles. The van der Waals surface area contributed by atoms with Gasteiger partial charge in [0.1, 0.15) is 0 Å². The number of carbonyl (C=O) groups excluding carboxylic acids is 3. The van der Waals surface area contributed by atoms with Gasteiger partial charge < -0.3 is 10.1 Å². The summed E-state index contributed by atoms with van der Waals surface area (Å²) in [7, 11) is 1.25. The molecule has 0 saturated heterocycles. The monoisotopic (exact) mass is 295 g/mol. The third-order valence-electron chi connectivity index (χ3n) is 2.53. The number of hydrogen-bond acceptors (Lipinski definition) is 5. The molecule has 20 heavy (non-hydrogen) atoms. The molecular weight excluding hydrogens is 282 g/mol. The van der Waals surface area contributed by atoms with Crippen LogP contribution in [0.1, 0.15) is 24.2 Å². The van der Waals surface area contributed by atoms with Crippen LogP contribution in [-0.4, -0.2) is 24.6 Å². The molecule has 0 bridgehead atoms. The molecule has 0 fully saturated rings. The van der Waals surface area contributed by atoms with Gasteiger partial charge >= 0.3 is 5.97 Å². The Morgan fingerprint density at radius 3 is 2.30 bits per heavy atom. The van der Waals surface area contributed by atoms with Crippen molar-refractivity contribution in [3.63, 3.8) is 0 Å². The van der Waals surface area contributed by atoms with Gasteiger partial charge in [-0.2, -0.15) is 0 Å². The lowest BCUT2D eigenvalue weighted by Gasteiger charge is -2.08. The van der Waals surface area contributed by atoms with Gasteiger partial charge in [-0.05, 0) is 26.0 Å². The second-order valence-corrected chi connectivity index (χ2v) is 4.35. The minimum atomic E-state index is -0.569. The maximum atomic E-state index is 11.5. The minimum Gasteiger partial charge on any atom is -0.465 e. The Morgan fingerprint density at radius 1 is 1.20 bits per heavy atom. The standard InChI is InChI=1S/C14H14ClNO4/c1-8(17)11(9(2)18)7-16-12-6-4-5-10(13(12)15)14(19)20-3/h4-7,16H,1-3H3. The fourth-order valence-electron chi connectivity index (χ4n) is 1.51. The zero-order valence-corrected chi connectivity index (χ0v) is 12.1. The van der Waals surface area contributed by atoms with Gasteiger partial charge in [-0.15, -0.1) is 0 Å². The van der Waals surface area contributed by atoms with Crippen LogP contribution >= 0.6 is 11.6 Å². The van der Waals surface area contributed by atoms with Crippen LogP contribution in [0.15, 0.2) is 30.0 Å². The Morgan fingerprint density at radius 2 is 1.80 bits per heavy atom. The van der Waals surface area contributed by atoms with Crippen molar-refractivity contribution in [2.24, 2.45) is 0 Å². The summed E-state index contributed by atoms with van der Waals surface area (Å²) in [6, 6.07) is 4.73. The molecule has 1 N–H and O–H groups in total. The van der Waals surface area contributed by atoms with Gasteiger partial charge in [0.05, 0.1) is 29.0 Å². The molecule has 0 spiro atoms. The van der Waals surface area contributed by atoms with E-state index in [-0.39, 0.29) is 27.7 Å². The van der Waals surface area contributed by atoms with Gasteiger partial charge in [0, 0.05) is 6.20 Å². The van der Waals surface area contributed by atoms with Gasteiger partial charge in [0.2, 0.25) is 0 Å². The first-order valence-corrected chi connectivity index (χ1v) is 6.11. The lowest BCUT2D eigenvalue weighted by atomic mass is 10.1. The van der Waals surface area contributed by atoms with E-state index in [2.05, 4.69) is 10.1 Å². The number of esters is 1. The van der Waals surface area contributed by atoms with Crippen LogP contribution in [0, 0.1) is 0 Å². The highest BCUT2D eigenvalue weighted by Crippen LogP contribution is 2.26. The number of rotatable bonds is 5. The van der Waals surface area contributed by atoms with Crippen LogP contribution in [0.2, 0.25) is 5.02 Å². The van der Waals surface area contributed by atoms with Gasteiger partial charge in [0.15, 0.2) is 11.6 Å². The van der Waals surface area contributed by atoms with Crippen LogP contribution in [0.3, 0.4) is 0 Å². The van der Waals surface area contributed by atoms with Gasteiger partial charge in [-0.1, -0.05) is 17.7 Å². The fourth-order valence-corrected chi connectivity index (χ4v) is 1.77. The highest BCUT2D eigenvalue weighted by atomic mass is 35.5. The van der Waals surface area contributed by atoms with Crippen LogP contribution in [-0.2, 0) is 14.3 Å². The van der Waals surface area contributed by atoms with E-state index in [9.17, 15) is 14.4 Å². The number of benzene rings is 1. The Bertz CT molecular complexity index is 577. The summed E-state index contributed by atoms with van der Waals surface area (Å²) in [4.78, 5) is 34.0. The Hall–Kier alpha value is -2.14. The van der Waals surface area contributed by atoms with E-state index < -0.39 is 5.97 Å². The number of anilines is 1. The summed E-state index contributed by atoms with van der Waals surface area (Å²) >= 11 is 6.06. The molecule has 1 aromatic rings. The number of carbonyl (C=O) groups is 3. The first kappa shape index (κ1) is 15.9. The molecule has 0 unspecified atom stereocenters. The summed E-state index contributed by atoms with van der Waals surface area (Å²) in [6.45, 7) is 2.59. The number of Topliss-reactive ketones (excluding diaryl/α,β-unsaturated/α-hetero) is 2. The zero-order valence-electron chi connectivity index (χ0n) is 11.3. The van der Waals surface area contributed by atoms with E-state index in [1.165, 1.54) is 33.2 Å². The van der Waals surface area contributed by atoms with Crippen LogP contribution in [0.4, 0.5) is 5.69 Å². The molecule has 1 rings (SSSR count). The molecule has 6 heteroatoms. The molecule has 5 nitrogen and oxygen atoms in total. The topological polar surface area (TPSA) is 72.5 Å². The Balaban J connectivity index is 3.11. The highest BCUT2D eigenvalue weighted by molar-refractivity contribution is 6.36. The zero-order chi connectivity index (χ0) is 15.3. The predicted molar refractivity (Wildman–Crippen MR) is 75.9 cm³/mol. The second kappa shape index (κ2) is 6.86. The molecular formula is C14H14ClNO4. The molecule has 0 aliphatic carbocycles. The van der Waals surface area contributed by atoms with Crippen LogP contribution < -0.4 is 5.32 Å². The normalized spacial score (nSPS) is 9.60. The SMILES string of the molecule is COC(=O)c1cccc(NC=C(C(C)=O)C(C)=O)c1Cl. The molecule has 0 atom stereocenters. The van der Waals surface area contributed by atoms with Crippen molar-refractivity contribution in [3.8, 4) is 0 Å². The number of allylic oxidation sites excluding steroid dienone is 1. The maximum Gasteiger partial charge on any atom is 0.339 e. The number of methoxy groups -OCH3 is 1. The summed E-state index contributed by atoms with van der Waals surface area (Å²) in [5.74, 6) is -1.28. The van der Waals surface area contributed by atoms with Crippen molar-refractivity contribution in [2.45, 2.75) is 13.8 Å². The highest BCUT2D eigenvalue weighted by Gasteiger charge is 2.14. The van der Waals surface area contributed by atoms with Gasteiger partial charge in [0.25, 0.3) is 0 Å². The minimum absolute atomic E-state index is 0.0181. The van der Waals surface area contributed by atoms with Crippen molar-refractivity contribution in [2.75, 3.05) is 12.4 Å². The van der Waals surface area contributed by atoms with E-state index in [1.807, 2.05) is 0 Å². The average Bonchev–Trinajstić information content (AvgIpc) is 2.39. The molecule has 106 valence electrons. The van der Waals surface area contributed by atoms with E-state index >= 15 is 0 Å². The van der Waals surface area contributed by atoms with E-state index in [1.54, 1.807) is 12.1 Å². The first-order chi connectivity index (χ1) is 9.38. The Kier molecular flexibility index (Phi) is 5.46. The van der Waals surface area contributed by atoms with E-state index in [0.717, 1.165) is 0 Å². The van der Waals surface area contributed by atoms with E-state index in [0.29, 0.717) is 5.69 Å².